The molecule has 5 nitrogen and oxygen atoms in total. The molecule has 2 heterocycles. The molecule has 5 heteroatoms. The fourth-order valence-corrected chi connectivity index (χ4v) is 3.30. The van der Waals surface area contributed by atoms with Crippen LogP contribution in [0.25, 0.3) is 0 Å². The van der Waals surface area contributed by atoms with Crippen molar-refractivity contribution in [2.75, 3.05) is 11.9 Å². The molecule has 1 N–H and O–H groups in total. The molecule has 0 radical (unpaired) electrons. The van der Waals surface area contributed by atoms with E-state index >= 15 is 0 Å². The maximum Gasteiger partial charge on any atom is 0.182 e. The van der Waals surface area contributed by atoms with Gasteiger partial charge in [0.15, 0.2) is 11.5 Å². The third kappa shape index (κ3) is 2.91. The van der Waals surface area contributed by atoms with Crippen molar-refractivity contribution in [1.29, 1.82) is 5.26 Å². The first-order valence-corrected chi connectivity index (χ1v) is 7.70. The molecule has 2 aromatic rings. The summed E-state index contributed by atoms with van der Waals surface area (Å²) in [4.78, 5) is 12.4. The number of nitriles is 1. The van der Waals surface area contributed by atoms with E-state index in [-0.39, 0.29) is 5.41 Å². The lowest BCUT2D eigenvalue weighted by Crippen LogP contribution is -2.37. The molecule has 0 spiro atoms. The summed E-state index contributed by atoms with van der Waals surface area (Å²) >= 11 is 0. The molecule has 0 amide bonds. The molecule has 0 atom stereocenters. The zero-order chi connectivity index (χ0) is 15.3. The first kappa shape index (κ1) is 14.5. The average molecular weight is 293 g/mol. The Hall–Kier alpha value is -2.48. The number of pyridine rings is 1. The lowest BCUT2D eigenvalue weighted by atomic mass is 9.69. The van der Waals surface area contributed by atoms with E-state index < -0.39 is 0 Å². The normalized spacial score (nSPS) is 16.7. The fourth-order valence-electron chi connectivity index (χ4n) is 3.30. The van der Waals surface area contributed by atoms with Crippen LogP contribution in [0.15, 0.2) is 36.9 Å². The summed E-state index contributed by atoms with van der Waals surface area (Å²) in [6.07, 6.45) is 12.9. The predicted octanol–water partition coefficient (Wildman–Crippen LogP) is 3.06. The van der Waals surface area contributed by atoms with Crippen LogP contribution in [-0.2, 0) is 5.41 Å². The van der Waals surface area contributed by atoms with Gasteiger partial charge < -0.3 is 5.32 Å². The van der Waals surface area contributed by atoms with Crippen molar-refractivity contribution in [3.8, 4) is 6.07 Å². The smallest absolute Gasteiger partial charge is 0.182 e. The van der Waals surface area contributed by atoms with Crippen molar-refractivity contribution in [2.24, 2.45) is 0 Å². The average Bonchev–Trinajstić information content (AvgIpc) is 2.62. The van der Waals surface area contributed by atoms with E-state index in [0.717, 1.165) is 19.4 Å². The van der Waals surface area contributed by atoms with E-state index in [4.69, 9.17) is 5.26 Å². The van der Waals surface area contributed by atoms with Crippen LogP contribution in [0.5, 0.6) is 0 Å². The monoisotopic (exact) mass is 293 g/mol. The molecule has 1 aliphatic carbocycles. The van der Waals surface area contributed by atoms with Crippen LogP contribution in [0, 0.1) is 11.3 Å². The predicted molar refractivity (Wildman–Crippen MR) is 84.2 cm³/mol. The van der Waals surface area contributed by atoms with Gasteiger partial charge in [0.25, 0.3) is 0 Å². The fraction of sp³-hybridized carbons (Fsp3) is 0.412. The second-order valence-electron chi connectivity index (χ2n) is 5.80. The summed E-state index contributed by atoms with van der Waals surface area (Å²) in [6, 6.07) is 6.30. The van der Waals surface area contributed by atoms with Gasteiger partial charge in [-0.2, -0.15) is 5.26 Å². The maximum atomic E-state index is 9.14. The molecule has 1 aliphatic rings. The first-order valence-electron chi connectivity index (χ1n) is 7.70. The van der Waals surface area contributed by atoms with Crippen molar-refractivity contribution < 1.29 is 0 Å². The largest absolute Gasteiger partial charge is 0.367 e. The zero-order valence-electron chi connectivity index (χ0n) is 12.5. The summed E-state index contributed by atoms with van der Waals surface area (Å²) in [5, 5.41) is 12.5. The highest BCUT2D eigenvalue weighted by molar-refractivity contribution is 5.47. The van der Waals surface area contributed by atoms with Gasteiger partial charge in [-0.15, -0.1) is 0 Å². The van der Waals surface area contributed by atoms with Crippen LogP contribution in [0.2, 0.25) is 0 Å². The molecule has 1 saturated carbocycles. The lowest BCUT2D eigenvalue weighted by molar-refractivity contribution is 0.307. The summed E-state index contributed by atoms with van der Waals surface area (Å²) in [5.74, 6) is 0.573. The van der Waals surface area contributed by atoms with Crippen LogP contribution >= 0.6 is 0 Å². The topological polar surface area (TPSA) is 74.5 Å². The second kappa shape index (κ2) is 6.52. The highest BCUT2D eigenvalue weighted by Crippen LogP contribution is 2.39. The molecule has 2 aromatic heterocycles. The van der Waals surface area contributed by atoms with Gasteiger partial charge in [0.2, 0.25) is 0 Å². The number of hydrogen-bond acceptors (Lipinski definition) is 5. The Balaban J connectivity index is 1.84. The Labute approximate surface area is 130 Å². The Morgan fingerprint density at radius 3 is 2.50 bits per heavy atom. The van der Waals surface area contributed by atoms with Gasteiger partial charge in [0.1, 0.15) is 6.07 Å². The molecule has 1 fully saturated rings. The minimum absolute atomic E-state index is 0.0887. The van der Waals surface area contributed by atoms with Gasteiger partial charge in [0.05, 0.1) is 0 Å². The minimum atomic E-state index is 0.0887. The number of nitrogens with zero attached hydrogens (tertiary/aromatic N) is 4. The van der Waals surface area contributed by atoms with Crippen LogP contribution in [0.4, 0.5) is 5.82 Å². The van der Waals surface area contributed by atoms with Crippen molar-refractivity contribution in [2.45, 2.75) is 37.5 Å². The van der Waals surface area contributed by atoms with E-state index in [1.807, 2.05) is 12.4 Å². The van der Waals surface area contributed by atoms with E-state index in [1.54, 1.807) is 12.4 Å². The molecule has 0 bridgehead atoms. The molecule has 0 saturated heterocycles. The number of aromatic nitrogens is 3. The van der Waals surface area contributed by atoms with Crippen LogP contribution in [-0.4, -0.2) is 21.5 Å². The van der Waals surface area contributed by atoms with Gasteiger partial charge in [-0.3, -0.25) is 4.98 Å². The first-order chi connectivity index (χ1) is 10.8. The maximum absolute atomic E-state index is 9.14. The summed E-state index contributed by atoms with van der Waals surface area (Å²) in [5.41, 5.74) is 1.76. The van der Waals surface area contributed by atoms with Gasteiger partial charge in [-0.1, -0.05) is 19.3 Å². The standard InChI is InChI=1S/C17H19N5/c18-12-15-16(21-11-10-20-15)22-13-17(6-2-1-3-7-17)14-4-8-19-9-5-14/h4-5,8-11H,1-3,6-7,13H2,(H,21,22). The van der Waals surface area contributed by atoms with Crippen LogP contribution < -0.4 is 5.32 Å². The Morgan fingerprint density at radius 1 is 1.05 bits per heavy atom. The summed E-state index contributed by atoms with van der Waals surface area (Å²) in [7, 11) is 0. The Kier molecular flexibility index (Phi) is 4.29. The van der Waals surface area contributed by atoms with Crippen molar-refractivity contribution in [3.05, 3.63) is 48.2 Å². The van der Waals surface area contributed by atoms with Gasteiger partial charge in [-0.25, -0.2) is 9.97 Å². The molecule has 112 valence electrons. The number of nitrogens with one attached hydrogen (secondary N) is 1. The molecule has 0 unspecified atom stereocenters. The van der Waals surface area contributed by atoms with Gasteiger partial charge in [0, 0.05) is 36.7 Å². The summed E-state index contributed by atoms with van der Waals surface area (Å²) in [6.45, 7) is 0.768. The van der Waals surface area contributed by atoms with Gasteiger partial charge in [-0.05, 0) is 30.5 Å². The quantitative estimate of drug-likeness (QED) is 0.937. The molecule has 3 rings (SSSR count). The highest BCUT2D eigenvalue weighted by atomic mass is 15.0. The minimum Gasteiger partial charge on any atom is -0.367 e. The molecular formula is C17H19N5. The van der Waals surface area contributed by atoms with Crippen LogP contribution in [0.3, 0.4) is 0 Å². The third-order valence-electron chi connectivity index (χ3n) is 4.50. The SMILES string of the molecule is N#Cc1nccnc1NCC1(c2ccncc2)CCCCC1. The van der Waals surface area contributed by atoms with Crippen LogP contribution in [0.1, 0.15) is 43.4 Å². The Morgan fingerprint density at radius 2 is 1.77 bits per heavy atom. The van der Waals surface area contributed by atoms with Crippen molar-refractivity contribution >= 4 is 5.82 Å². The lowest BCUT2D eigenvalue weighted by Gasteiger charge is -2.38. The van der Waals surface area contributed by atoms with E-state index in [1.165, 1.54) is 24.8 Å². The molecule has 0 aromatic carbocycles. The second-order valence-corrected chi connectivity index (χ2v) is 5.80. The molecule has 22 heavy (non-hydrogen) atoms. The Bertz CT molecular complexity index is 656. The van der Waals surface area contributed by atoms with E-state index in [2.05, 4.69) is 38.5 Å². The zero-order valence-corrected chi connectivity index (χ0v) is 12.5. The van der Waals surface area contributed by atoms with Crippen molar-refractivity contribution in [3.63, 3.8) is 0 Å². The number of hydrogen-bond donors (Lipinski definition) is 1. The highest BCUT2D eigenvalue weighted by Gasteiger charge is 2.34. The number of anilines is 1. The van der Waals surface area contributed by atoms with Crippen molar-refractivity contribution in [1.82, 2.24) is 15.0 Å². The van der Waals surface area contributed by atoms with E-state index in [0.29, 0.717) is 11.5 Å². The third-order valence-corrected chi connectivity index (χ3v) is 4.50. The number of rotatable bonds is 4. The molecular weight excluding hydrogens is 274 g/mol. The molecule has 0 aliphatic heterocycles. The van der Waals surface area contributed by atoms with E-state index in [9.17, 15) is 0 Å². The summed E-state index contributed by atoms with van der Waals surface area (Å²) < 4.78 is 0. The van der Waals surface area contributed by atoms with Gasteiger partial charge >= 0.3 is 0 Å².